The number of hydrogen-bond donors (Lipinski definition) is 1. The first-order chi connectivity index (χ1) is 8.85. The van der Waals surface area contributed by atoms with Crippen molar-refractivity contribution in [3.63, 3.8) is 0 Å². The standard InChI is InChI=1S/C15H30N2S/c1-3-14-11-16-15(12-17(14)9-10-18-2)13-7-5-4-6-8-13/h13-16H,3-12H2,1-2H3. The Labute approximate surface area is 117 Å². The van der Waals surface area contributed by atoms with Crippen LogP contribution in [-0.2, 0) is 0 Å². The summed E-state index contributed by atoms with van der Waals surface area (Å²) in [5.74, 6) is 2.24. The lowest BCUT2D eigenvalue weighted by atomic mass is 9.82. The van der Waals surface area contributed by atoms with E-state index < -0.39 is 0 Å². The van der Waals surface area contributed by atoms with E-state index in [0.29, 0.717) is 0 Å². The van der Waals surface area contributed by atoms with E-state index in [0.717, 1.165) is 18.0 Å². The number of piperazine rings is 1. The van der Waals surface area contributed by atoms with Crippen LogP contribution in [0.2, 0.25) is 0 Å². The highest BCUT2D eigenvalue weighted by molar-refractivity contribution is 7.98. The molecule has 2 rings (SSSR count). The summed E-state index contributed by atoms with van der Waals surface area (Å²) in [5.41, 5.74) is 0. The Morgan fingerprint density at radius 2 is 2.00 bits per heavy atom. The van der Waals surface area contributed by atoms with Gasteiger partial charge in [-0.25, -0.2) is 0 Å². The maximum absolute atomic E-state index is 3.85. The van der Waals surface area contributed by atoms with Gasteiger partial charge in [-0.1, -0.05) is 26.2 Å². The first kappa shape index (κ1) is 14.7. The van der Waals surface area contributed by atoms with E-state index in [4.69, 9.17) is 0 Å². The SMILES string of the molecule is CCC1CNC(C2CCCCC2)CN1CCSC. The Balaban J connectivity index is 1.86. The van der Waals surface area contributed by atoms with E-state index >= 15 is 0 Å². The summed E-state index contributed by atoms with van der Waals surface area (Å²) in [6.45, 7) is 6.12. The topological polar surface area (TPSA) is 15.3 Å². The Bertz CT molecular complexity index is 229. The van der Waals surface area contributed by atoms with Gasteiger partial charge in [0.05, 0.1) is 0 Å². The van der Waals surface area contributed by atoms with Gasteiger partial charge < -0.3 is 5.32 Å². The molecule has 106 valence electrons. The smallest absolute Gasteiger partial charge is 0.0224 e. The molecule has 0 aromatic rings. The van der Waals surface area contributed by atoms with Crippen molar-refractivity contribution in [1.29, 1.82) is 0 Å². The van der Waals surface area contributed by atoms with E-state index in [-0.39, 0.29) is 0 Å². The van der Waals surface area contributed by atoms with E-state index in [1.54, 1.807) is 0 Å². The molecule has 18 heavy (non-hydrogen) atoms. The fraction of sp³-hybridized carbons (Fsp3) is 1.00. The molecule has 1 N–H and O–H groups in total. The van der Waals surface area contributed by atoms with Crippen LogP contribution >= 0.6 is 11.8 Å². The molecule has 0 amide bonds. The fourth-order valence-corrected chi connectivity index (χ4v) is 4.04. The average Bonchev–Trinajstić information content (AvgIpc) is 2.45. The molecule has 0 aromatic heterocycles. The van der Waals surface area contributed by atoms with Crippen LogP contribution in [0.5, 0.6) is 0 Å². The highest BCUT2D eigenvalue weighted by Gasteiger charge is 2.31. The third kappa shape index (κ3) is 3.88. The van der Waals surface area contributed by atoms with Gasteiger partial charge in [-0.05, 0) is 31.4 Å². The number of nitrogens with one attached hydrogen (secondary N) is 1. The molecule has 0 bridgehead atoms. The Kier molecular flexibility index (Phi) is 6.33. The maximum Gasteiger partial charge on any atom is 0.0224 e. The average molecular weight is 270 g/mol. The van der Waals surface area contributed by atoms with Gasteiger partial charge >= 0.3 is 0 Å². The van der Waals surface area contributed by atoms with Crippen LogP contribution in [-0.4, -0.2) is 48.6 Å². The third-order valence-electron chi connectivity index (χ3n) is 4.84. The molecule has 0 spiro atoms. The summed E-state index contributed by atoms with van der Waals surface area (Å²) in [5, 5.41) is 3.85. The number of hydrogen-bond acceptors (Lipinski definition) is 3. The summed E-state index contributed by atoms with van der Waals surface area (Å²) in [4.78, 5) is 2.76. The molecule has 2 nitrogen and oxygen atoms in total. The summed E-state index contributed by atoms with van der Waals surface area (Å²) in [7, 11) is 0. The van der Waals surface area contributed by atoms with Crippen molar-refractivity contribution < 1.29 is 0 Å². The van der Waals surface area contributed by atoms with Gasteiger partial charge in [0, 0.05) is 37.5 Å². The summed E-state index contributed by atoms with van der Waals surface area (Å²) in [6, 6.07) is 1.55. The van der Waals surface area contributed by atoms with Gasteiger partial charge in [-0.15, -0.1) is 0 Å². The van der Waals surface area contributed by atoms with Crippen LogP contribution in [0, 0.1) is 5.92 Å². The molecule has 2 atom stereocenters. The van der Waals surface area contributed by atoms with Crippen molar-refractivity contribution in [2.75, 3.05) is 31.6 Å². The number of rotatable bonds is 5. The van der Waals surface area contributed by atoms with E-state index in [1.807, 2.05) is 11.8 Å². The van der Waals surface area contributed by atoms with Crippen molar-refractivity contribution >= 4 is 11.8 Å². The molecule has 0 radical (unpaired) electrons. The maximum atomic E-state index is 3.85. The first-order valence-electron chi connectivity index (χ1n) is 7.81. The monoisotopic (exact) mass is 270 g/mol. The summed E-state index contributed by atoms with van der Waals surface area (Å²) in [6.07, 6.45) is 10.8. The van der Waals surface area contributed by atoms with Gasteiger partial charge in [0.2, 0.25) is 0 Å². The van der Waals surface area contributed by atoms with E-state index in [9.17, 15) is 0 Å². The largest absolute Gasteiger partial charge is 0.311 e. The first-order valence-corrected chi connectivity index (χ1v) is 9.21. The van der Waals surface area contributed by atoms with Gasteiger partial charge in [-0.2, -0.15) is 11.8 Å². The zero-order valence-corrected chi connectivity index (χ0v) is 13.0. The molecule has 1 aliphatic heterocycles. The van der Waals surface area contributed by atoms with Crippen LogP contribution in [0.4, 0.5) is 0 Å². The highest BCUT2D eigenvalue weighted by Crippen LogP contribution is 2.28. The molecule has 1 saturated heterocycles. The van der Waals surface area contributed by atoms with Crippen LogP contribution in [0.15, 0.2) is 0 Å². The van der Waals surface area contributed by atoms with Crippen molar-refractivity contribution in [3.8, 4) is 0 Å². The minimum absolute atomic E-state index is 0.773. The van der Waals surface area contributed by atoms with Crippen LogP contribution in [0.3, 0.4) is 0 Å². The van der Waals surface area contributed by atoms with E-state index in [1.165, 1.54) is 63.9 Å². The van der Waals surface area contributed by atoms with Crippen molar-refractivity contribution in [2.24, 2.45) is 5.92 Å². The van der Waals surface area contributed by atoms with Crippen molar-refractivity contribution in [2.45, 2.75) is 57.5 Å². The van der Waals surface area contributed by atoms with Gasteiger partial charge in [-0.3, -0.25) is 4.90 Å². The third-order valence-corrected chi connectivity index (χ3v) is 5.43. The summed E-state index contributed by atoms with van der Waals surface area (Å²) >= 11 is 1.98. The van der Waals surface area contributed by atoms with E-state index in [2.05, 4.69) is 23.4 Å². The summed E-state index contributed by atoms with van der Waals surface area (Å²) < 4.78 is 0. The second-order valence-electron chi connectivity index (χ2n) is 5.96. The van der Waals surface area contributed by atoms with Crippen molar-refractivity contribution in [1.82, 2.24) is 10.2 Å². The Morgan fingerprint density at radius 3 is 2.67 bits per heavy atom. The van der Waals surface area contributed by atoms with Crippen molar-refractivity contribution in [3.05, 3.63) is 0 Å². The molecular weight excluding hydrogens is 240 g/mol. The fourth-order valence-electron chi connectivity index (χ4n) is 3.62. The zero-order valence-electron chi connectivity index (χ0n) is 12.2. The van der Waals surface area contributed by atoms with Crippen LogP contribution in [0.25, 0.3) is 0 Å². The predicted molar refractivity (Wildman–Crippen MR) is 82.4 cm³/mol. The molecule has 1 saturated carbocycles. The molecule has 3 heteroatoms. The molecule has 2 fully saturated rings. The number of nitrogens with zero attached hydrogens (tertiary/aromatic N) is 1. The molecular formula is C15H30N2S. The highest BCUT2D eigenvalue weighted by atomic mass is 32.2. The van der Waals surface area contributed by atoms with Gasteiger partial charge in [0.15, 0.2) is 0 Å². The second-order valence-corrected chi connectivity index (χ2v) is 6.95. The second kappa shape index (κ2) is 7.76. The number of thioether (sulfide) groups is 1. The lowest BCUT2D eigenvalue weighted by molar-refractivity contribution is 0.0997. The molecule has 2 aliphatic rings. The van der Waals surface area contributed by atoms with Crippen LogP contribution in [0.1, 0.15) is 45.4 Å². The molecule has 1 aliphatic carbocycles. The minimum atomic E-state index is 0.773. The molecule has 0 aromatic carbocycles. The Morgan fingerprint density at radius 1 is 1.22 bits per heavy atom. The predicted octanol–water partition coefficient (Wildman–Crippen LogP) is 2.98. The van der Waals surface area contributed by atoms with Gasteiger partial charge in [0.1, 0.15) is 0 Å². The normalized spacial score (nSPS) is 31.7. The Hall–Kier alpha value is 0.270. The lowest BCUT2D eigenvalue weighted by Crippen LogP contribution is -2.59. The lowest BCUT2D eigenvalue weighted by Gasteiger charge is -2.43. The minimum Gasteiger partial charge on any atom is -0.311 e. The zero-order chi connectivity index (χ0) is 12.8. The molecule has 2 unspecified atom stereocenters. The quantitative estimate of drug-likeness (QED) is 0.827. The molecule has 1 heterocycles. The van der Waals surface area contributed by atoms with Crippen LogP contribution < -0.4 is 5.32 Å². The van der Waals surface area contributed by atoms with Gasteiger partial charge in [0.25, 0.3) is 0 Å².